The van der Waals surface area contributed by atoms with Crippen LogP contribution in [0.25, 0.3) is 0 Å². The zero-order chi connectivity index (χ0) is 15.9. The summed E-state index contributed by atoms with van der Waals surface area (Å²) in [6, 6.07) is 0. The summed E-state index contributed by atoms with van der Waals surface area (Å²) in [5, 5.41) is 5.97. The lowest BCUT2D eigenvalue weighted by Gasteiger charge is -2.14. The predicted octanol–water partition coefficient (Wildman–Crippen LogP) is 2.77. The highest BCUT2D eigenvalue weighted by molar-refractivity contribution is 5.56. The third-order valence-corrected chi connectivity index (χ3v) is 2.71. The molecule has 0 unspecified atom stereocenters. The molecule has 21 heavy (non-hydrogen) atoms. The van der Waals surface area contributed by atoms with Gasteiger partial charge in [0.2, 0.25) is 0 Å². The molecule has 1 aromatic rings. The summed E-state index contributed by atoms with van der Waals surface area (Å²) in [6.07, 6.45) is -2.63. The van der Waals surface area contributed by atoms with Crippen molar-refractivity contribution < 1.29 is 17.9 Å². The van der Waals surface area contributed by atoms with E-state index in [4.69, 9.17) is 0 Å². The van der Waals surface area contributed by atoms with Gasteiger partial charge >= 0.3 is 6.18 Å². The fourth-order valence-electron chi connectivity index (χ4n) is 1.74. The highest BCUT2D eigenvalue weighted by atomic mass is 19.4. The number of aromatic nitrogens is 2. The van der Waals surface area contributed by atoms with Crippen molar-refractivity contribution in [3.05, 3.63) is 11.4 Å². The molecule has 0 saturated heterocycles. The van der Waals surface area contributed by atoms with Crippen LogP contribution < -0.4 is 10.6 Å². The number of nitrogens with one attached hydrogen (secondary N) is 2. The average molecular weight is 306 g/mol. The van der Waals surface area contributed by atoms with Crippen molar-refractivity contribution in [2.75, 3.05) is 37.4 Å². The maximum Gasteiger partial charge on any atom is 0.411 e. The molecule has 0 spiro atoms. The van der Waals surface area contributed by atoms with Gasteiger partial charge in [0.1, 0.15) is 24.1 Å². The fourth-order valence-corrected chi connectivity index (χ4v) is 1.74. The van der Waals surface area contributed by atoms with Gasteiger partial charge in [-0.3, -0.25) is 0 Å². The summed E-state index contributed by atoms with van der Waals surface area (Å²) in [4.78, 5) is 8.75. The number of nitrogens with zero attached hydrogens (tertiary/aromatic N) is 2. The summed E-state index contributed by atoms with van der Waals surface area (Å²) in [6.45, 7) is 2.85. The molecule has 0 saturated carbocycles. The van der Waals surface area contributed by atoms with Gasteiger partial charge in [0.05, 0.1) is 6.61 Å². The molecule has 5 nitrogen and oxygen atoms in total. The largest absolute Gasteiger partial charge is 0.411 e. The van der Waals surface area contributed by atoms with E-state index in [-0.39, 0.29) is 13.2 Å². The summed E-state index contributed by atoms with van der Waals surface area (Å²) in [5.41, 5.74) is 0.827. The Morgan fingerprint density at radius 2 is 1.86 bits per heavy atom. The molecule has 1 aromatic heterocycles. The Labute approximate surface area is 122 Å². The second-order valence-corrected chi connectivity index (χ2v) is 4.56. The number of rotatable bonds is 8. The van der Waals surface area contributed by atoms with E-state index in [9.17, 15) is 13.2 Å². The number of anilines is 2. The molecule has 0 atom stereocenters. The SMILES string of the molecule is CCCc1nc(NC)c(C)c(NCCOCC(F)(F)F)n1. The lowest BCUT2D eigenvalue weighted by molar-refractivity contribution is -0.172. The van der Waals surface area contributed by atoms with Crippen molar-refractivity contribution in [2.24, 2.45) is 0 Å². The maximum atomic E-state index is 11.9. The van der Waals surface area contributed by atoms with Crippen molar-refractivity contribution in [2.45, 2.75) is 32.9 Å². The third-order valence-electron chi connectivity index (χ3n) is 2.71. The van der Waals surface area contributed by atoms with E-state index in [1.54, 1.807) is 7.05 Å². The molecule has 1 rings (SSSR count). The van der Waals surface area contributed by atoms with Crippen molar-refractivity contribution >= 4 is 11.6 Å². The van der Waals surface area contributed by atoms with Crippen LogP contribution in [-0.4, -0.2) is 43.0 Å². The number of ether oxygens (including phenoxy) is 1. The van der Waals surface area contributed by atoms with Crippen LogP contribution in [0.2, 0.25) is 0 Å². The van der Waals surface area contributed by atoms with Crippen molar-refractivity contribution in [3.63, 3.8) is 0 Å². The summed E-state index contributed by atoms with van der Waals surface area (Å²) < 4.78 is 40.3. The van der Waals surface area contributed by atoms with Gasteiger partial charge in [0.15, 0.2) is 0 Å². The monoisotopic (exact) mass is 306 g/mol. The molecule has 120 valence electrons. The van der Waals surface area contributed by atoms with E-state index >= 15 is 0 Å². The number of halogens is 3. The zero-order valence-electron chi connectivity index (χ0n) is 12.5. The van der Waals surface area contributed by atoms with Crippen molar-refractivity contribution in [1.29, 1.82) is 0 Å². The highest BCUT2D eigenvalue weighted by Gasteiger charge is 2.27. The van der Waals surface area contributed by atoms with Crippen LogP contribution >= 0.6 is 0 Å². The molecule has 0 aliphatic carbocycles. The third kappa shape index (κ3) is 6.16. The van der Waals surface area contributed by atoms with E-state index < -0.39 is 12.8 Å². The lowest BCUT2D eigenvalue weighted by Crippen LogP contribution is -2.20. The standard InChI is InChI=1S/C13H21F3N4O/c1-4-5-10-19-11(17-3)9(2)12(20-10)18-6-7-21-8-13(14,15)16/h4-8H2,1-3H3,(H2,17,18,19,20). The Bertz CT molecular complexity index is 452. The minimum Gasteiger partial charge on any atom is -0.373 e. The number of alkyl halides is 3. The second-order valence-electron chi connectivity index (χ2n) is 4.56. The van der Waals surface area contributed by atoms with Gasteiger partial charge < -0.3 is 15.4 Å². The van der Waals surface area contributed by atoms with E-state index in [1.165, 1.54) is 0 Å². The molecular weight excluding hydrogens is 285 g/mol. The van der Waals surface area contributed by atoms with E-state index in [1.807, 2.05) is 13.8 Å². The first kappa shape index (κ1) is 17.5. The van der Waals surface area contributed by atoms with Crippen molar-refractivity contribution in [3.8, 4) is 0 Å². The number of aryl methyl sites for hydroxylation is 1. The fraction of sp³-hybridized carbons (Fsp3) is 0.692. The molecule has 2 N–H and O–H groups in total. The number of hydrogen-bond acceptors (Lipinski definition) is 5. The Morgan fingerprint density at radius 3 is 2.43 bits per heavy atom. The summed E-state index contributed by atoms with van der Waals surface area (Å²) in [5.74, 6) is 2.03. The molecule has 1 heterocycles. The molecule has 0 bridgehead atoms. The van der Waals surface area contributed by atoms with E-state index in [2.05, 4.69) is 25.3 Å². The minimum absolute atomic E-state index is 0.0407. The molecule has 0 amide bonds. The van der Waals surface area contributed by atoms with Gasteiger partial charge in [-0.1, -0.05) is 6.92 Å². The van der Waals surface area contributed by atoms with Gasteiger partial charge in [0, 0.05) is 25.6 Å². The summed E-state index contributed by atoms with van der Waals surface area (Å²) >= 11 is 0. The molecule has 0 aliphatic rings. The Kier molecular flexibility index (Phi) is 6.67. The minimum atomic E-state index is -4.29. The van der Waals surface area contributed by atoms with Crippen LogP contribution in [0.3, 0.4) is 0 Å². The quantitative estimate of drug-likeness (QED) is 0.723. The lowest BCUT2D eigenvalue weighted by atomic mass is 10.2. The van der Waals surface area contributed by atoms with Gasteiger partial charge in [-0.25, -0.2) is 9.97 Å². The van der Waals surface area contributed by atoms with Gasteiger partial charge in [-0.05, 0) is 13.3 Å². The van der Waals surface area contributed by atoms with Crippen LogP contribution in [0.4, 0.5) is 24.8 Å². The first-order valence-corrected chi connectivity index (χ1v) is 6.81. The zero-order valence-corrected chi connectivity index (χ0v) is 12.5. The molecule has 0 aromatic carbocycles. The molecular formula is C13H21F3N4O. The predicted molar refractivity (Wildman–Crippen MR) is 75.7 cm³/mol. The Balaban J connectivity index is 2.59. The molecule has 0 aliphatic heterocycles. The van der Waals surface area contributed by atoms with Crippen LogP contribution in [-0.2, 0) is 11.2 Å². The van der Waals surface area contributed by atoms with Crippen LogP contribution in [0.5, 0.6) is 0 Å². The highest BCUT2D eigenvalue weighted by Crippen LogP contribution is 2.20. The first-order valence-electron chi connectivity index (χ1n) is 6.81. The maximum absolute atomic E-state index is 11.9. The number of hydrogen-bond donors (Lipinski definition) is 2. The Morgan fingerprint density at radius 1 is 1.19 bits per heavy atom. The normalized spacial score (nSPS) is 11.5. The average Bonchev–Trinajstić information content (AvgIpc) is 2.40. The smallest absolute Gasteiger partial charge is 0.373 e. The molecule has 0 radical (unpaired) electrons. The Hall–Kier alpha value is -1.57. The van der Waals surface area contributed by atoms with Crippen molar-refractivity contribution in [1.82, 2.24) is 9.97 Å². The van der Waals surface area contributed by atoms with E-state index in [0.29, 0.717) is 17.5 Å². The van der Waals surface area contributed by atoms with E-state index in [0.717, 1.165) is 18.4 Å². The van der Waals surface area contributed by atoms with Gasteiger partial charge in [-0.15, -0.1) is 0 Å². The molecule has 0 fully saturated rings. The van der Waals surface area contributed by atoms with Gasteiger partial charge in [0.25, 0.3) is 0 Å². The first-order chi connectivity index (χ1) is 9.87. The van der Waals surface area contributed by atoms with Crippen LogP contribution in [0.1, 0.15) is 24.7 Å². The topological polar surface area (TPSA) is 59.1 Å². The van der Waals surface area contributed by atoms with Gasteiger partial charge in [-0.2, -0.15) is 13.2 Å². The summed E-state index contributed by atoms with van der Waals surface area (Å²) in [7, 11) is 1.77. The van der Waals surface area contributed by atoms with Crippen LogP contribution in [0.15, 0.2) is 0 Å². The molecule has 8 heteroatoms. The van der Waals surface area contributed by atoms with Crippen LogP contribution in [0, 0.1) is 6.92 Å². The second kappa shape index (κ2) is 8.02.